The summed E-state index contributed by atoms with van der Waals surface area (Å²) >= 11 is 0. The van der Waals surface area contributed by atoms with Gasteiger partial charge < -0.3 is 0 Å². The third-order valence-corrected chi connectivity index (χ3v) is 8.90. The van der Waals surface area contributed by atoms with Crippen LogP contribution in [0.1, 0.15) is 30.7 Å². The Kier molecular flexibility index (Phi) is 4.85. The predicted octanol–water partition coefficient (Wildman–Crippen LogP) is 10.5. The van der Waals surface area contributed by atoms with E-state index in [0.29, 0.717) is 0 Å². The number of pyridine rings is 1. The highest BCUT2D eigenvalue weighted by molar-refractivity contribution is 6.21. The second-order valence-electron chi connectivity index (χ2n) is 11.6. The lowest BCUT2D eigenvalue weighted by molar-refractivity contribution is 0.645. The van der Waals surface area contributed by atoms with Crippen LogP contribution in [-0.4, -0.2) is 4.98 Å². The van der Waals surface area contributed by atoms with Crippen molar-refractivity contribution in [3.8, 4) is 33.4 Å². The molecule has 8 rings (SSSR count). The van der Waals surface area contributed by atoms with Crippen molar-refractivity contribution in [3.63, 3.8) is 0 Å². The molecule has 1 aromatic heterocycles. The molecular weight excluding hydrogens is 482 g/mol. The summed E-state index contributed by atoms with van der Waals surface area (Å²) in [5.74, 6) is 0. The van der Waals surface area contributed by atoms with E-state index in [4.69, 9.17) is 4.98 Å². The highest BCUT2D eigenvalue weighted by Crippen LogP contribution is 2.51. The lowest BCUT2D eigenvalue weighted by atomic mass is 9.68. The van der Waals surface area contributed by atoms with Crippen LogP contribution in [0.3, 0.4) is 0 Å². The Bertz CT molecular complexity index is 2080. The number of nitrogens with zero attached hydrogens (tertiary/aromatic N) is 1. The summed E-state index contributed by atoms with van der Waals surface area (Å²) in [6, 6.07) is 44.6. The van der Waals surface area contributed by atoms with E-state index in [-0.39, 0.29) is 5.41 Å². The molecule has 0 atom stereocenters. The second-order valence-corrected chi connectivity index (χ2v) is 11.6. The number of aromatic nitrogens is 1. The van der Waals surface area contributed by atoms with E-state index in [9.17, 15) is 0 Å². The van der Waals surface area contributed by atoms with Gasteiger partial charge in [0.05, 0.1) is 5.52 Å². The Morgan fingerprint density at radius 3 is 1.75 bits per heavy atom. The van der Waals surface area contributed by atoms with E-state index in [1.165, 1.54) is 71.4 Å². The molecule has 0 saturated carbocycles. The molecule has 0 bridgehead atoms. The summed E-state index contributed by atoms with van der Waals surface area (Å²) in [5.41, 5.74) is 12.5. The van der Waals surface area contributed by atoms with Crippen molar-refractivity contribution >= 4 is 32.4 Å². The average Bonchev–Trinajstić information content (AvgIpc) is 2.98. The Balaban J connectivity index is 1.47. The monoisotopic (exact) mass is 511 g/mol. The van der Waals surface area contributed by atoms with Crippen molar-refractivity contribution in [1.82, 2.24) is 4.98 Å². The van der Waals surface area contributed by atoms with Gasteiger partial charge in [-0.15, -0.1) is 0 Å². The molecular formula is C39H29N. The molecule has 1 aliphatic rings. The van der Waals surface area contributed by atoms with Crippen LogP contribution >= 0.6 is 0 Å². The SMILES string of the molecule is Cc1cc2c3c(cccc3n1)C(C)(C)c1cc(-c3c4ccccc4c(-c4ccccc4)c4ccccc34)ccc1-2. The lowest BCUT2D eigenvalue weighted by Crippen LogP contribution is -2.24. The molecule has 1 heterocycles. The summed E-state index contributed by atoms with van der Waals surface area (Å²) in [7, 11) is 0. The lowest BCUT2D eigenvalue weighted by Gasteiger charge is -2.35. The Labute approximate surface area is 234 Å². The minimum absolute atomic E-state index is 0.148. The van der Waals surface area contributed by atoms with E-state index in [2.05, 4.69) is 142 Å². The molecule has 1 nitrogen and oxygen atoms in total. The van der Waals surface area contributed by atoms with E-state index in [0.717, 1.165) is 11.2 Å². The van der Waals surface area contributed by atoms with E-state index in [1.54, 1.807) is 0 Å². The molecule has 0 aliphatic heterocycles. The molecule has 0 N–H and O–H groups in total. The summed E-state index contributed by atoms with van der Waals surface area (Å²) in [6.07, 6.45) is 0. The van der Waals surface area contributed by atoms with Crippen LogP contribution in [0.5, 0.6) is 0 Å². The zero-order valence-electron chi connectivity index (χ0n) is 23.0. The normalized spacial score (nSPS) is 13.6. The maximum atomic E-state index is 4.88. The van der Waals surface area contributed by atoms with E-state index >= 15 is 0 Å². The van der Waals surface area contributed by atoms with Crippen molar-refractivity contribution in [2.45, 2.75) is 26.2 Å². The molecule has 0 spiro atoms. The van der Waals surface area contributed by atoms with Crippen molar-refractivity contribution in [2.75, 3.05) is 0 Å². The van der Waals surface area contributed by atoms with Crippen LogP contribution in [-0.2, 0) is 5.41 Å². The number of aryl methyl sites for hydroxylation is 1. The van der Waals surface area contributed by atoms with Gasteiger partial charge >= 0.3 is 0 Å². The zero-order valence-corrected chi connectivity index (χ0v) is 23.0. The largest absolute Gasteiger partial charge is 0.253 e. The number of benzene rings is 6. The summed E-state index contributed by atoms with van der Waals surface area (Å²) in [4.78, 5) is 4.88. The standard InChI is InChI=1S/C39H29N/c1-24-22-32-27-21-20-26(23-34(27)39(2,3)33-18-11-19-35(40-24)38(32)33)37-30-16-9-7-14-28(30)36(25-12-5-4-6-13-25)29-15-8-10-17-31(29)37/h4-23H,1-3H3. The van der Waals surface area contributed by atoms with Gasteiger partial charge in [-0.05, 0) is 91.2 Å². The van der Waals surface area contributed by atoms with Crippen LogP contribution in [0.15, 0.2) is 121 Å². The molecule has 0 radical (unpaired) electrons. The topological polar surface area (TPSA) is 12.9 Å². The molecule has 40 heavy (non-hydrogen) atoms. The van der Waals surface area contributed by atoms with Crippen molar-refractivity contribution in [3.05, 3.63) is 138 Å². The van der Waals surface area contributed by atoms with Crippen molar-refractivity contribution < 1.29 is 0 Å². The van der Waals surface area contributed by atoms with Gasteiger partial charge in [0.15, 0.2) is 0 Å². The molecule has 190 valence electrons. The first-order valence-corrected chi connectivity index (χ1v) is 14.1. The third kappa shape index (κ3) is 3.18. The number of hydrogen-bond donors (Lipinski definition) is 0. The average molecular weight is 512 g/mol. The highest BCUT2D eigenvalue weighted by Gasteiger charge is 2.34. The first-order valence-electron chi connectivity index (χ1n) is 14.1. The van der Waals surface area contributed by atoms with Crippen LogP contribution in [0.4, 0.5) is 0 Å². The number of fused-ring (bicyclic) bond motifs is 4. The molecule has 1 heteroatoms. The molecule has 0 fully saturated rings. The minimum atomic E-state index is -0.148. The maximum Gasteiger partial charge on any atom is 0.0714 e. The van der Waals surface area contributed by atoms with Crippen molar-refractivity contribution in [1.29, 1.82) is 0 Å². The van der Waals surface area contributed by atoms with Crippen LogP contribution in [0.2, 0.25) is 0 Å². The van der Waals surface area contributed by atoms with Gasteiger partial charge in [0.1, 0.15) is 0 Å². The zero-order chi connectivity index (χ0) is 27.0. The predicted molar refractivity (Wildman–Crippen MR) is 170 cm³/mol. The second kappa shape index (κ2) is 8.37. The van der Waals surface area contributed by atoms with Gasteiger partial charge in [0.2, 0.25) is 0 Å². The van der Waals surface area contributed by atoms with E-state index < -0.39 is 0 Å². The smallest absolute Gasteiger partial charge is 0.0714 e. The van der Waals surface area contributed by atoms with Gasteiger partial charge in [-0.2, -0.15) is 0 Å². The number of hydrogen-bond acceptors (Lipinski definition) is 1. The van der Waals surface area contributed by atoms with Crippen LogP contribution in [0.25, 0.3) is 65.8 Å². The first kappa shape index (κ1) is 23.2. The summed E-state index contributed by atoms with van der Waals surface area (Å²) in [6.45, 7) is 6.83. The fourth-order valence-electron chi connectivity index (χ4n) is 7.10. The van der Waals surface area contributed by atoms with Crippen LogP contribution < -0.4 is 0 Å². The first-order chi connectivity index (χ1) is 19.5. The van der Waals surface area contributed by atoms with E-state index in [1.807, 2.05) is 0 Å². The van der Waals surface area contributed by atoms with Gasteiger partial charge in [-0.3, -0.25) is 4.98 Å². The van der Waals surface area contributed by atoms with Gasteiger partial charge in [-0.25, -0.2) is 0 Å². The Morgan fingerprint density at radius 1 is 0.500 bits per heavy atom. The van der Waals surface area contributed by atoms with Gasteiger partial charge in [0, 0.05) is 16.5 Å². The molecule has 0 unspecified atom stereocenters. The molecule has 7 aromatic rings. The number of rotatable bonds is 2. The van der Waals surface area contributed by atoms with Gasteiger partial charge in [-0.1, -0.05) is 117 Å². The Morgan fingerprint density at radius 2 is 1.10 bits per heavy atom. The molecule has 6 aromatic carbocycles. The summed E-state index contributed by atoms with van der Waals surface area (Å²) in [5, 5.41) is 6.45. The molecule has 0 amide bonds. The van der Waals surface area contributed by atoms with Crippen molar-refractivity contribution in [2.24, 2.45) is 0 Å². The van der Waals surface area contributed by atoms with Crippen LogP contribution in [0, 0.1) is 6.92 Å². The Hall–Kier alpha value is -4.75. The third-order valence-electron chi connectivity index (χ3n) is 8.90. The minimum Gasteiger partial charge on any atom is -0.253 e. The fourth-order valence-corrected chi connectivity index (χ4v) is 7.10. The quantitative estimate of drug-likeness (QED) is 0.210. The fraction of sp³-hybridized carbons (Fsp3) is 0.103. The molecule has 0 saturated heterocycles. The van der Waals surface area contributed by atoms with Gasteiger partial charge in [0.25, 0.3) is 0 Å². The maximum absolute atomic E-state index is 4.88. The summed E-state index contributed by atoms with van der Waals surface area (Å²) < 4.78 is 0. The molecule has 1 aliphatic carbocycles. The highest BCUT2D eigenvalue weighted by atomic mass is 14.7.